The molecule has 32 heavy (non-hydrogen) atoms. The number of imidazole rings is 1. The number of hydrogen-bond acceptors (Lipinski definition) is 8. The monoisotopic (exact) mass is 437 g/mol. The smallest absolute Gasteiger partial charge is 0.317 e. The fourth-order valence-electron chi connectivity index (χ4n) is 4.53. The van der Waals surface area contributed by atoms with Crippen LogP contribution in [0.4, 0.5) is 0 Å². The Balaban J connectivity index is 1.65. The van der Waals surface area contributed by atoms with Crippen molar-refractivity contribution in [1.29, 1.82) is 0 Å². The number of rotatable bonds is 2. The van der Waals surface area contributed by atoms with Gasteiger partial charge in [0, 0.05) is 45.6 Å². The Bertz CT molecular complexity index is 1150. The average Bonchev–Trinajstić information content (AvgIpc) is 3.37. The molecule has 1 N–H and O–H groups in total. The molecule has 0 radical (unpaired) electrons. The summed E-state index contributed by atoms with van der Waals surface area (Å²) >= 11 is 0. The molecule has 3 atom stereocenters. The number of aromatic nitrogens is 5. The molecule has 4 bridgehead atoms. The van der Waals surface area contributed by atoms with Crippen LogP contribution in [0.1, 0.15) is 19.2 Å². The van der Waals surface area contributed by atoms with Gasteiger partial charge in [-0.2, -0.15) is 4.98 Å². The fraction of sp³-hybridized carbons (Fsp3) is 0.500. The number of pyridine rings is 1. The number of aryl methyl sites for hydroxylation is 1. The highest BCUT2D eigenvalue weighted by atomic mass is 16.5. The first-order valence-electron chi connectivity index (χ1n) is 11.0. The SMILES string of the molecule is CCO[C@H]1CN(C)C(=O)[C@@H]2CC(CN2)Oc2nccc(n2)-c2nccc3nc(C)n(c23)C1. The van der Waals surface area contributed by atoms with Crippen molar-refractivity contribution in [1.82, 2.24) is 34.7 Å². The van der Waals surface area contributed by atoms with E-state index in [4.69, 9.17) is 14.5 Å². The van der Waals surface area contributed by atoms with E-state index in [2.05, 4.69) is 24.8 Å². The van der Waals surface area contributed by atoms with E-state index in [1.807, 2.05) is 33.0 Å². The molecule has 10 heteroatoms. The second kappa shape index (κ2) is 8.44. The van der Waals surface area contributed by atoms with Crippen molar-refractivity contribution in [3.05, 3.63) is 30.4 Å². The van der Waals surface area contributed by atoms with Gasteiger partial charge in [0.25, 0.3) is 0 Å². The lowest BCUT2D eigenvalue weighted by Crippen LogP contribution is -2.45. The summed E-state index contributed by atoms with van der Waals surface area (Å²) in [5.74, 6) is 0.878. The molecule has 168 valence electrons. The molecule has 2 aliphatic rings. The van der Waals surface area contributed by atoms with Crippen LogP contribution in [0.2, 0.25) is 0 Å². The van der Waals surface area contributed by atoms with Crippen LogP contribution >= 0.6 is 0 Å². The van der Waals surface area contributed by atoms with Crippen molar-refractivity contribution in [2.24, 2.45) is 0 Å². The molecule has 3 aromatic heterocycles. The van der Waals surface area contributed by atoms with E-state index < -0.39 is 0 Å². The van der Waals surface area contributed by atoms with Crippen LogP contribution in [0.25, 0.3) is 22.4 Å². The Labute approximate surface area is 186 Å². The first-order chi connectivity index (χ1) is 15.5. The first kappa shape index (κ1) is 20.8. The Hall–Kier alpha value is -3.11. The van der Waals surface area contributed by atoms with Gasteiger partial charge in [0.05, 0.1) is 35.4 Å². The van der Waals surface area contributed by atoms with Gasteiger partial charge in [0.2, 0.25) is 5.91 Å². The van der Waals surface area contributed by atoms with Crippen LogP contribution in [-0.4, -0.2) is 80.3 Å². The molecule has 1 amide bonds. The summed E-state index contributed by atoms with van der Waals surface area (Å²) < 4.78 is 14.2. The molecule has 0 spiro atoms. The first-order valence-corrected chi connectivity index (χ1v) is 11.0. The predicted octanol–water partition coefficient (Wildman–Crippen LogP) is 1.18. The summed E-state index contributed by atoms with van der Waals surface area (Å²) in [7, 11) is 1.82. The number of nitrogens with one attached hydrogen (secondary N) is 1. The zero-order chi connectivity index (χ0) is 22.2. The quantitative estimate of drug-likeness (QED) is 0.637. The van der Waals surface area contributed by atoms with Gasteiger partial charge in [0.1, 0.15) is 17.6 Å². The highest BCUT2D eigenvalue weighted by molar-refractivity contribution is 5.89. The van der Waals surface area contributed by atoms with Crippen molar-refractivity contribution in [3.63, 3.8) is 0 Å². The van der Waals surface area contributed by atoms with Gasteiger partial charge in [-0.3, -0.25) is 9.78 Å². The van der Waals surface area contributed by atoms with E-state index in [0.29, 0.717) is 44.0 Å². The van der Waals surface area contributed by atoms with Crippen molar-refractivity contribution in [2.75, 3.05) is 26.7 Å². The molecular formula is C22H27N7O3. The third-order valence-corrected chi connectivity index (χ3v) is 6.02. The van der Waals surface area contributed by atoms with Gasteiger partial charge in [-0.15, -0.1) is 0 Å². The summed E-state index contributed by atoms with van der Waals surface area (Å²) in [5.41, 5.74) is 3.10. The number of nitrogens with zero attached hydrogens (tertiary/aromatic N) is 6. The molecule has 3 aromatic rings. The average molecular weight is 438 g/mol. The van der Waals surface area contributed by atoms with Gasteiger partial charge in [-0.25, -0.2) is 9.97 Å². The molecule has 1 unspecified atom stereocenters. The zero-order valence-corrected chi connectivity index (χ0v) is 18.5. The Morgan fingerprint density at radius 1 is 1.22 bits per heavy atom. The van der Waals surface area contributed by atoms with Crippen LogP contribution in [-0.2, 0) is 16.1 Å². The lowest BCUT2D eigenvalue weighted by atomic mass is 10.1. The summed E-state index contributed by atoms with van der Waals surface area (Å²) in [5, 5.41) is 3.27. The Morgan fingerprint density at radius 3 is 2.91 bits per heavy atom. The van der Waals surface area contributed by atoms with Crippen molar-refractivity contribution < 1.29 is 14.3 Å². The van der Waals surface area contributed by atoms with Crippen molar-refractivity contribution in [2.45, 2.75) is 45.1 Å². The minimum absolute atomic E-state index is 0.0277. The number of hydrogen-bond donors (Lipinski definition) is 1. The predicted molar refractivity (Wildman–Crippen MR) is 117 cm³/mol. The standard InChI is InChI=1S/C22H27N7O3/c1-4-31-15-11-28(3)21(30)18-9-14(10-25-18)32-22-24-8-5-16(27-22)19-20-17(6-7-23-19)26-13(2)29(20)12-15/h5-8,14-15,18,25H,4,9-12H2,1-3H3/t14?,15-,18-/m0/s1. The molecule has 1 saturated heterocycles. The minimum atomic E-state index is -0.305. The molecule has 0 aliphatic carbocycles. The normalized spacial score (nSPS) is 23.7. The number of fused-ring (bicyclic) bond motifs is 5. The zero-order valence-electron chi connectivity index (χ0n) is 18.5. The van der Waals surface area contributed by atoms with E-state index >= 15 is 0 Å². The highest BCUT2D eigenvalue weighted by Gasteiger charge is 2.34. The van der Waals surface area contributed by atoms with Gasteiger partial charge in [-0.1, -0.05) is 0 Å². The van der Waals surface area contributed by atoms with Crippen molar-refractivity contribution in [3.8, 4) is 17.4 Å². The van der Waals surface area contributed by atoms with Crippen LogP contribution in [0.5, 0.6) is 6.01 Å². The topological polar surface area (TPSA) is 107 Å². The third kappa shape index (κ3) is 3.80. The maximum absolute atomic E-state index is 13.1. The Morgan fingerprint density at radius 2 is 2.06 bits per heavy atom. The van der Waals surface area contributed by atoms with Gasteiger partial charge < -0.3 is 24.3 Å². The lowest BCUT2D eigenvalue weighted by molar-refractivity contribution is -0.133. The minimum Gasteiger partial charge on any atom is -0.459 e. The second-order valence-electron chi connectivity index (χ2n) is 8.25. The molecule has 1 fully saturated rings. The van der Waals surface area contributed by atoms with Crippen LogP contribution < -0.4 is 10.1 Å². The highest BCUT2D eigenvalue weighted by Crippen LogP contribution is 2.28. The van der Waals surface area contributed by atoms with Gasteiger partial charge in [0.15, 0.2) is 0 Å². The van der Waals surface area contributed by atoms with Crippen LogP contribution in [0.3, 0.4) is 0 Å². The van der Waals surface area contributed by atoms with Gasteiger partial charge >= 0.3 is 6.01 Å². The van der Waals surface area contributed by atoms with E-state index in [9.17, 15) is 4.79 Å². The number of likely N-dealkylation sites (N-methyl/N-ethyl adjacent to an activating group) is 1. The molecule has 0 saturated carbocycles. The van der Waals surface area contributed by atoms with Gasteiger partial charge in [-0.05, 0) is 26.0 Å². The second-order valence-corrected chi connectivity index (χ2v) is 8.25. The van der Waals surface area contributed by atoms with Crippen molar-refractivity contribution >= 4 is 16.9 Å². The third-order valence-electron chi connectivity index (χ3n) is 6.02. The van der Waals surface area contributed by atoms with Crippen LogP contribution in [0.15, 0.2) is 24.5 Å². The maximum atomic E-state index is 13.1. The molecule has 2 aliphatic heterocycles. The lowest BCUT2D eigenvalue weighted by Gasteiger charge is -2.27. The molecule has 5 heterocycles. The summed E-state index contributed by atoms with van der Waals surface area (Å²) in [6.07, 6.45) is 3.59. The van der Waals surface area contributed by atoms with E-state index in [-0.39, 0.29) is 30.2 Å². The maximum Gasteiger partial charge on any atom is 0.317 e. The number of amides is 1. The summed E-state index contributed by atoms with van der Waals surface area (Å²) in [6, 6.07) is 3.69. The fourth-order valence-corrected chi connectivity index (χ4v) is 4.53. The van der Waals surface area contributed by atoms with E-state index in [0.717, 1.165) is 16.9 Å². The molecule has 10 nitrogen and oxygen atoms in total. The molecule has 0 aromatic carbocycles. The number of carbonyl (C=O) groups excluding carboxylic acids is 1. The number of carbonyl (C=O) groups is 1. The number of ether oxygens (including phenoxy) is 2. The summed E-state index contributed by atoms with van der Waals surface area (Å²) in [6.45, 7) is 6.06. The van der Waals surface area contributed by atoms with E-state index in [1.165, 1.54) is 0 Å². The van der Waals surface area contributed by atoms with E-state index in [1.54, 1.807) is 17.3 Å². The molecule has 5 rings (SSSR count). The van der Waals surface area contributed by atoms with Crippen LogP contribution in [0, 0.1) is 6.92 Å². The Kier molecular flexibility index (Phi) is 5.48. The molecular weight excluding hydrogens is 410 g/mol. The summed E-state index contributed by atoms with van der Waals surface area (Å²) in [4.78, 5) is 33.1. The largest absolute Gasteiger partial charge is 0.459 e.